The topological polar surface area (TPSA) is 437 Å². The summed E-state index contributed by atoms with van der Waals surface area (Å²) in [5.74, 6) is -7.96. The number of nitrogens with zero attached hydrogens (tertiary/aromatic N) is 2. The van der Waals surface area contributed by atoms with Crippen LogP contribution in [-0.2, 0) is 56.0 Å². The Labute approximate surface area is 452 Å². The second-order valence-electron chi connectivity index (χ2n) is 19.2. The van der Waals surface area contributed by atoms with Gasteiger partial charge in [0.05, 0.1) is 13.1 Å². The summed E-state index contributed by atoms with van der Waals surface area (Å²) in [6.45, 7) is 3.32. The van der Waals surface area contributed by atoms with E-state index in [0.717, 1.165) is 10.8 Å². The van der Waals surface area contributed by atoms with Crippen LogP contribution in [0.4, 0.5) is 0 Å². The Hall–Kier alpha value is -8.55. The fraction of sp³-hybridized carbons (Fsp3) is 0.481. The molecule has 4 rings (SSSR count). The van der Waals surface area contributed by atoms with Gasteiger partial charge in [0.2, 0.25) is 53.2 Å². The molecule has 1 fully saturated rings. The van der Waals surface area contributed by atoms with E-state index in [9.17, 15) is 48.3 Å². The molecule has 1 heterocycles. The molecular formula is C52H76N16O10. The van der Waals surface area contributed by atoms with Crippen molar-refractivity contribution in [2.24, 2.45) is 38.7 Å². The summed E-state index contributed by atoms with van der Waals surface area (Å²) in [5.41, 5.74) is 28.7. The van der Waals surface area contributed by atoms with Crippen molar-refractivity contribution in [2.75, 3.05) is 32.7 Å². The molecule has 20 N–H and O–H groups in total. The van der Waals surface area contributed by atoms with E-state index in [1.54, 1.807) is 6.07 Å². The van der Waals surface area contributed by atoms with Crippen LogP contribution in [-0.4, -0.2) is 145 Å². The number of hydrogen-bond donors (Lipinski definition) is 15. The number of carbonyl (C=O) groups is 9. The second-order valence-corrected chi connectivity index (χ2v) is 19.2. The zero-order valence-electron chi connectivity index (χ0n) is 44.1. The second kappa shape index (κ2) is 32.1. The number of guanidine groups is 2. The van der Waals surface area contributed by atoms with Gasteiger partial charge in [-0.2, -0.15) is 0 Å². The molecule has 26 nitrogen and oxygen atoms in total. The first-order valence-corrected chi connectivity index (χ1v) is 25.9. The Bertz CT molecular complexity index is 2600. The van der Waals surface area contributed by atoms with E-state index in [1.807, 2.05) is 50.2 Å². The number of rotatable bonds is 21. The summed E-state index contributed by atoms with van der Waals surface area (Å²) >= 11 is 0. The molecule has 1 aliphatic rings. The minimum absolute atomic E-state index is 0.00211. The van der Waals surface area contributed by atoms with Crippen molar-refractivity contribution in [3.63, 3.8) is 0 Å². The lowest BCUT2D eigenvalue weighted by Gasteiger charge is -2.27. The maximum absolute atomic E-state index is 14.6. The predicted molar refractivity (Wildman–Crippen MR) is 292 cm³/mol. The first kappa shape index (κ1) is 62.0. The van der Waals surface area contributed by atoms with Crippen LogP contribution in [0.25, 0.3) is 10.8 Å². The van der Waals surface area contributed by atoms with Gasteiger partial charge in [0.25, 0.3) is 0 Å². The molecule has 0 unspecified atom stereocenters. The van der Waals surface area contributed by atoms with Crippen molar-refractivity contribution in [1.82, 2.24) is 47.9 Å². The van der Waals surface area contributed by atoms with E-state index in [4.69, 9.17) is 28.7 Å². The molecule has 78 heavy (non-hydrogen) atoms. The number of nitrogens with two attached hydrogens (primary N) is 5. The Morgan fingerprint density at radius 1 is 0.615 bits per heavy atom. The van der Waals surface area contributed by atoms with Crippen LogP contribution in [0.3, 0.4) is 0 Å². The van der Waals surface area contributed by atoms with Crippen molar-refractivity contribution in [2.45, 2.75) is 127 Å². The summed E-state index contributed by atoms with van der Waals surface area (Å²) in [6, 6.07) is 10.8. The average molecular weight is 1090 g/mol. The minimum atomic E-state index is -1.51. The highest BCUT2D eigenvalue weighted by atomic mass is 16.3. The molecular weight excluding hydrogens is 1010 g/mol. The fourth-order valence-electron chi connectivity index (χ4n) is 8.26. The fourth-order valence-corrected chi connectivity index (χ4v) is 8.26. The summed E-state index contributed by atoms with van der Waals surface area (Å²) in [7, 11) is 0. The molecule has 3 aromatic carbocycles. The Balaban J connectivity index is 1.76. The number of primary amides is 1. The number of nitrogens with one attached hydrogen (secondary N) is 9. The number of amides is 9. The molecule has 9 amide bonds. The molecule has 0 spiro atoms. The number of unbranched alkanes of at least 4 members (excludes halogenated alkanes) is 1. The number of benzene rings is 3. The molecule has 26 heteroatoms. The SMILES string of the molecule is CC(C)NCCCC[C@@H]1NC(=O)[C@H](Cc2ccc(O)cc2)NC(=O)CNC(=O)CC[C@H](C(=O)N[C@@H](CCCN=C(N)N)C(N)=O)NC(=O)CNC(=O)[C@H](Cc2ccc3ccccc3c2)NC(=O)[C@@H](CCCN=C(N)N)NC1=O. The molecule has 3 aromatic rings. The monoisotopic (exact) mass is 1080 g/mol. The van der Waals surface area contributed by atoms with Gasteiger partial charge in [-0.1, -0.05) is 68.4 Å². The van der Waals surface area contributed by atoms with Crippen LogP contribution >= 0.6 is 0 Å². The first-order chi connectivity index (χ1) is 37.2. The molecule has 0 bridgehead atoms. The normalized spacial score (nSPS) is 19.8. The van der Waals surface area contributed by atoms with Gasteiger partial charge in [0, 0.05) is 38.4 Å². The number of aromatic hydroxyl groups is 1. The van der Waals surface area contributed by atoms with Crippen LogP contribution in [0.5, 0.6) is 5.75 Å². The van der Waals surface area contributed by atoms with Crippen molar-refractivity contribution in [3.05, 3.63) is 77.9 Å². The number of hydrogen-bond acceptors (Lipinski definition) is 13. The van der Waals surface area contributed by atoms with Gasteiger partial charge in [0.15, 0.2) is 11.9 Å². The minimum Gasteiger partial charge on any atom is -0.508 e. The van der Waals surface area contributed by atoms with Gasteiger partial charge in [-0.05, 0) is 91.9 Å². The van der Waals surface area contributed by atoms with Crippen molar-refractivity contribution in [1.29, 1.82) is 0 Å². The van der Waals surface area contributed by atoms with E-state index < -0.39 is 109 Å². The number of fused-ring (bicyclic) bond motifs is 1. The summed E-state index contributed by atoms with van der Waals surface area (Å²) in [5, 5.41) is 35.9. The quantitative estimate of drug-likeness (QED) is 0.0288. The number of carbonyl (C=O) groups excluding carboxylic acids is 9. The highest BCUT2D eigenvalue weighted by Crippen LogP contribution is 2.18. The molecule has 0 aromatic heterocycles. The first-order valence-electron chi connectivity index (χ1n) is 25.9. The van der Waals surface area contributed by atoms with E-state index in [1.165, 1.54) is 24.3 Å². The number of phenols is 1. The lowest BCUT2D eigenvalue weighted by Crippen LogP contribution is -2.59. The van der Waals surface area contributed by atoms with Gasteiger partial charge in [-0.15, -0.1) is 0 Å². The van der Waals surface area contributed by atoms with Crippen molar-refractivity contribution in [3.8, 4) is 5.75 Å². The Kier molecular flexibility index (Phi) is 25.5. The molecule has 0 saturated carbocycles. The standard InChI is InChI=1S/C52H76N16O10/c1-30(2)58-22-6-5-11-37-47(75)66-38(13-8-24-60-52(56)57)48(76)68-40(27-32-14-17-33-9-3-4-10-34(33)25-32)46(74)62-29-44(72)63-39(49(77)65-36(45(53)73)12-7-23-59-51(54)55)20-21-42(70)61-28-43(71)64-41(50(78)67-37)26-31-15-18-35(69)19-16-31/h3-4,9-10,14-19,25,30,36-41,58,69H,5-8,11-13,20-24,26-29H2,1-2H3,(H2,53,73)(H,61,70)(H,62,74)(H,63,72)(H,64,71)(H,65,77)(H,66,75)(H,67,78)(H,68,76)(H4,54,55,59)(H4,56,57,60)/t36-,37-,38+,39+,40-,41-/m0/s1. The summed E-state index contributed by atoms with van der Waals surface area (Å²) < 4.78 is 0. The van der Waals surface area contributed by atoms with Crippen LogP contribution in [0.1, 0.15) is 82.8 Å². The third kappa shape index (κ3) is 22.7. The van der Waals surface area contributed by atoms with Crippen LogP contribution in [0, 0.1) is 0 Å². The van der Waals surface area contributed by atoms with E-state index in [2.05, 4.69) is 57.8 Å². The maximum atomic E-state index is 14.6. The Morgan fingerprint density at radius 3 is 1.81 bits per heavy atom. The molecule has 0 aliphatic carbocycles. The largest absolute Gasteiger partial charge is 0.508 e. The van der Waals surface area contributed by atoms with Crippen molar-refractivity contribution < 1.29 is 48.3 Å². The zero-order valence-corrected chi connectivity index (χ0v) is 44.1. The third-order valence-corrected chi connectivity index (χ3v) is 12.4. The van der Waals surface area contributed by atoms with E-state index in [0.29, 0.717) is 30.5 Å². The van der Waals surface area contributed by atoms with Gasteiger partial charge >= 0.3 is 0 Å². The highest BCUT2D eigenvalue weighted by Gasteiger charge is 2.33. The van der Waals surface area contributed by atoms with Crippen LogP contribution < -0.4 is 76.5 Å². The van der Waals surface area contributed by atoms with Crippen LogP contribution in [0.2, 0.25) is 0 Å². The average Bonchev–Trinajstić information content (AvgIpc) is 3.39. The lowest BCUT2D eigenvalue weighted by atomic mass is 10.00. The number of phenolic OH excluding ortho intramolecular Hbond substituents is 1. The molecule has 6 atom stereocenters. The summed E-state index contributed by atoms with van der Waals surface area (Å²) in [6.07, 6.45) is 0.361. The van der Waals surface area contributed by atoms with Gasteiger partial charge in [0.1, 0.15) is 42.0 Å². The van der Waals surface area contributed by atoms with Gasteiger partial charge in [-0.3, -0.25) is 53.1 Å². The van der Waals surface area contributed by atoms with E-state index in [-0.39, 0.29) is 88.2 Å². The van der Waals surface area contributed by atoms with Gasteiger partial charge < -0.3 is 81.6 Å². The number of aliphatic imine (C=N–C) groups is 2. The predicted octanol–water partition coefficient (Wildman–Crippen LogP) is -2.97. The van der Waals surface area contributed by atoms with E-state index >= 15 is 0 Å². The molecule has 1 saturated heterocycles. The third-order valence-electron chi connectivity index (χ3n) is 12.4. The van der Waals surface area contributed by atoms with Crippen LogP contribution in [0.15, 0.2) is 76.7 Å². The Morgan fingerprint density at radius 2 is 1.17 bits per heavy atom. The maximum Gasteiger partial charge on any atom is 0.243 e. The summed E-state index contributed by atoms with van der Waals surface area (Å²) in [4.78, 5) is 132. The van der Waals surface area contributed by atoms with Crippen molar-refractivity contribution >= 4 is 75.9 Å². The molecule has 424 valence electrons. The highest BCUT2D eigenvalue weighted by molar-refractivity contribution is 5.98. The molecule has 0 radical (unpaired) electrons. The van der Waals surface area contributed by atoms with Gasteiger partial charge in [-0.25, -0.2) is 0 Å². The smallest absolute Gasteiger partial charge is 0.243 e. The zero-order chi connectivity index (χ0) is 57.1. The molecule has 1 aliphatic heterocycles. The lowest BCUT2D eigenvalue weighted by molar-refractivity contribution is -0.135.